The summed E-state index contributed by atoms with van der Waals surface area (Å²) < 4.78 is 8.11. The Morgan fingerprint density at radius 2 is 1.86 bits per heavy atom. The molecule has 6 aromatic rings. The Hall–Kier alpha value is -4.54. The van der Waals surface area contributed by atoms with Crippen LogP contribution in [0.1, 0.15) is 17.4 Å². The van der Waals surface area contributed by atoms with E-state index in [1.165, 1.54) is 17.7 Å². The van der Waals surface area contributed by atoms with Gasteiger partial charge in [-0.25, -0.2) is 19.9 Å². The van der Waals surface area contributed by atoms with Gasteiger partial charge in [-0.1, -0.05) is 41.7 Å². The molecule has 0 aliphatic rings. The van der Waals surface area contributed by atoms with Crippen LogP contribution in [0.3, 0.4) is 0 Å². The van der Waals surface area contributed by atoms with Crippen LogP contribution >= 0.6 is 11.3 Å². The van der Waals surface area contributed by atoms with Crippen molar-refractivity contribution in [2.24, 2.45) is 7.05 Å². The summed E-state index contributed by atoms with van der Waals surface area (Å²) in [6, 6.07) is 21.1. The van der Waals surface area contributed by atoms with Crippen LogP contribution in [0.15, 0.2) is 79.4 Å². The van der Waals surface area contributed by atoms with Gasteiger partial charge in [-0.15, -0.1) is 0 Å². The van der Waals surface area contributed by atoms with E-state index in [2.05, 4.69) is 30.6 Å². The molecule has 10 heteroatoms. The van der Waals surface area contributed by atoms with Crippen molar-refractivity contribution in [3.8, 4) is 11.5 Å². The summed E-state index contributed by atoms with van der Waals surface area (Å²) in [4.78, 5) is 18.5. The fourth-order valence-electron chi connectivity index (χ4n) is 4.03. The fourth-order valence-corrected chi connectivity index (χ4v) is 4.86. The minimum absolute atomic E-state index is 0.555. The number of imidazole rings is 1. The van der Waals surface area contributed by atoms with E-state index < -0.39 is 6.23 Å². The van der Waals surface area contributed by atoms with Gasteiger partial charge in [-0.2, -0.15) is 0 Å². The summed E-state index contributed by atoms with van der Waals surface area (Å²) in [7, 11) is 1.97. The number of rotatable bonds is 7. The number of anilines is 3. The van der Waals surface area contributed by atoms with Gasteiger partial charge in [0.25, 0.3) is 0 Å². The van der Waals surface area contributed by atoms with Gasteiger partial charge in [-0.3, -0.25) is 0 Å². The highest BCUT2D eigenvalue weighted by molar-refractivity contribution is 7.21. The summed E-state index contributed by atoms with van der Waals surface area (Å²) in [6.45, 7) is 1.99. The zero-order valence-corrected chi connectivity index (χ0v) is 20.9. The molecular weight excluding hydrogens is 486 g/mol. The van der Waals surface area contributed by atoms with Gasteiger partial charge in [0.1, 0.15) is 23.3 Å². The molecule has 37 heavy (non-hydrogen) atoms. The molecule has 0 bridgehead atoms. The zero-order valence-electron chi connectivity index (χ0n) is 20.1. The molecule has 3 heterocycles. The minimum atomic E-state index is -0.875. The Kier molecular flexibility index (Phi) is 5.87. The quantitative estimate of drug-likeness (QED) is 0.228. The molecule has 3 aromatic heterocycles. The Morgan fingerprint density at radius 3 is 2.70 bits per heavy atom. The number of aliphatic hydroxyl groups excluding tert-OH is 1. The number of aliphatic hydroxyl groups is 1. The number of nitrogens with one attached hydrogen (secondary N) is 2. The smallest absolute Gasteiger partial charge is 0.187 e. The van der Waals surface area contributed by atoms with Crippen molar-refractivity contribution < 1.29 is 9.84 Å². The summed E-state index contributed by atoms with van der Waals surface area (Å²) in [5, 5.41) is 17.4. The molecule has 3 aromatic carbocycles. The molecule has 0 saturated carbocycles. The van der Waals surface area contributed by atoms with Gasteiger partial charge in [-0.05, 0) is 42.8 Å². The second-order valence-electron chi connectivity index (χ2n) is 8.57. The number of fused-ring (bicyclic) bond motifs is 2. The third-order valence-corrected chi connectivity index (χ3v) is 6.83. The third-order valence-electron chi connectivity index (χ3n) is 5.93. The SMILES string of the molecule is Cc1cc(Nc2ncnc3sc(NC(O)c4ccccc4)nc23)ccc1Oc1ccc2c(c1)ncn2C. The summed E-state index contributed by atoms with van der Waals surface area (Å²) >= 11 is 1.35. The monoisotopic (exact) mass is 509 g/mol. The van der Waals surface area contributed by atoms with E-state index in [4.69, 9.17) is 4.74 Å². The van der Waals surface area contributed by atoms with Crippen LogP contribution in [0.25, 0.3) is 21.4 Å². The van der Waals surface area contributed by atoms with E-state index in [9.17, 15) is 5.11 Å². The average Bonchev–Trinajstić information content (AvgIpc) is 3.49. The molecule has 0 fully saturated rings. The molecule has 0 amide bonds. The molecule has 184 valence electrons. The Labute approximate surface area is 216 Å². The summed E-state index contributed by atoms with van der Waals surface area (Å²) in [5.41, 5.74) is 5.12. The number of nitrogens with zero attached hydrogens (tertiary/aromatic N) is 5. The van der Waals surface area contributed by atoms with Gasteiger partial charge < -0.3 is 25.0 Å². The number of hydrogen-bond donors (Lipinski definition) is 3. The first-order chi connectivity index (χ1) is 18.0. The lowest BCUT2D eigenvalue weighted by molar-refractivity contribution is 0.208. The molecular formula is C27H23N7O2S. The van der Waals surface area contributed by atoms with E-state index in [1.54, 1.807) is 6.33 Å². The van der Waals surface area contributed by atoms with Crippen LogP contribution < -0.4 is 15.4 Å². The van der Waals surface area contributed by atoms with Gasteiger partial charge >= 0.3 is 0 Å². The highest BCUT2D eigenvalue weighted by Crippen LogP contribution is 2.33. The fraction of sp³-hybridized carbons (Fsp3) is 0.111. The van der Waals surface area contributed by atoms with Crippen molar-refractivity contribution in [2.45, 2.75) is 13.2 Å². The third kappa shape index (κ3) is 4.67. The first-order valence-electron chi connectivity index (χ1n) is 11.6. The molecule has 6 rings (SSSR count). The molecule has 0 saturated heterocycles. The number of thiazole rings is 1. The van der Waals surface area contributed by atoms with Gasteiger partial charge in [0, 0.05) is 24.4 Å². The number of aryl methyl sites for hydroxylation is 2. The van der Waals surface area contributed by atoms with Gasteiger partial charge in [0.15, 0.2) is 22.0 Å². The number of benzene rings is 3. The van der Waals surface area contributed by atoms with E-state index in [-0.39, 0.29) is 0 Å². The maximum atomic E-state index is 10.5. The van der Waals surface area contributed by atoms with Gasteiger partial charge in [0.05, 0.1) is 17.4 Å². The summed E-state index contributed by atoms with van der Waals surface area (Å²) in [6.07, 6.45) is 2.41. The lowest BCUT2D eigenvalue weighted by Gasteiger charge is -2.12. The predicted octanol–water partition coefficient (Wildman–Crippen LogP) is 5.92. The van der Waals surface area contributed by atoms with Crippen molar-refractivity contribution in [2.75, 3.05) is 10.6 Å². The highest BCUT2D eigenvalue weighted by Gasteiger charge is 2.15. The highest BCUT2D eigenvalue weighted by atomic mass is 32.1. The predicted molar refractivity (Wildman–Crippen MR) is 145 cm³/mol. The average molecular weight is 510 g/mol. The normalized spacial score (nSPS) is 12.1. The Bertz CT molecular complexity index is 1710. The molecule has 0 spiro atoms. The molecule has 0 aliphatic carbocycles. The Balaban J connectivity index is 1.20. The van der Waals surface area contributed by atoms with Gasteiger partial charge in [0.2, 0.25) is 0 Å². The largest absolute Gasteiger partial charge is 0.457 e. The maximum absolute atomic E-state index is 10.5. The molecule has 1 unspecified atom stereocenters. The number of aromatic nitrogens is 5. The molecule has 0 aliphatic heterocycles. The number of hydrogen-bond acceptors (Lipinski definition) is 9. The molecule has 3 N–H and O–H groups in total. The van der Waals surface area contributed by atoms with Crippen LogP contribution in [0.5, 0.6) is 11.5 Å². The van der Waals surface area contributed by atoms with E-state index in [1.807, 2.05) is 85.3 Å². The van der Waals surface area contributed by atoms with E-state index in [0.717, 1.165) is 39.3 Å². The second-order valence-corrected chi connectivity index (χ2v) is 9.54. The minimum Gasteiger partial charge on any atom is -0.457 e. The van der Waals surface area contributed by atoms with E-state index >= 15 is 0 Å². The second kappa shape index (κ2) is 9.49. The Morgan fingerprint density at radius 1 is 1.00 bits per heavy atom. The number of ether oxygens (including phenoxy) is 1. The van der Waals surface area contributed by atoms with Crippen LogP contribution in [-0.2, 0) is 7.05 Å². The topological polar surface area (TPSA) is 110 Å². The van der Waals surface area contributed by atoms with Crippen LogP contribution in [0, 0.1) is 6.92 Å². The lowest BCUT2D eigenvalue weighted by atomic mass is 10.2. The molecule has 9 nitrogen and oxygen atoms in total. The zero-order chi connectivity index (χ0) is 25.4. The van der Waals surface area contributed by atoms with Crippen LogP contribution in [0.2, 0.25) is 0 Å². The van der Waals surface area contributed by atoms with Crippen LogP contribution in [0.4, 0.5) is 16.6 Å². The van der Waals surface area contributed by atoms with Crippen molar-refractivity contribution in [1.29, 1.82) is 0 Å². The maximum Gasteiger partial charge on any atom is 0.187 e. The van der Waals surface area contributed by atoms with E-state index in [0.29, 0.717) is 21.3 Å². The van der Waals surface area contributed by atoms with Crippen LogP contribution in [-0.4, -0.2) is 29.6 Å². The summed E-state index contributed by atoms with van der Waals surface area (Å²) in [5.74, 6) is 2.06. The van der Waals surface area contributed by atoms with Crippen molar-refractivity contribution in [3.63, 3.8) is 0 Å². The van der Waals surface area contributed by atoms with Crippen molar-refractivity contribution in [3.05, 3.63) is 90.5 Å². The van der Waals surface area contributed by atoms with Crippen molar-refractivity contribution >= 4 is 49.4 Å². The molecule has 0 radical (unpaired) electrons. The molecule has 1 atom stereocenters. The standard InChI is InChI=1S/C27H23N7O2S/c1-16-12-18(8-11-22(16)36-19-9-10-21-20(13-19)30-15-34(21)2)31-24-23-26(29-14-28-24)37-27(32-23)33-25(35)17-6-4-3-5-7-17/h3-15,25,35H,1-2H3,(H,32,33)(H,28,29,31). The van der Waals surface area contributed by atoms with Crippen molar-refractivity contribution in [1.82, 2.24) is 24.5 Å². The first-order valence-corrected chi connectivity index (χ1v) is 12.4. The lowest BCUT2D eigenvalue weighted by Crippen LogP contribution is -2.09. The first kappa shape index (κ1) is 22.9.